The molecule has 3 rings (SSSR count). The van der Waals surface area contributed by atoms with Crippen molar-refractivity contribution in [2.45, 2.75) is 25.4 Å². The number of nitrogens with two attached hydrogens (primary N) is 1. The Morgan fingerprint density at radius 3 is 2.89 bits per heavy atom. The van der Waals surface area contributed by atoms with Crippen LogP contribution in [0.3, 0.4) is 0 Å². The van der Waals surface area contributed by atoms with E-state index in [1.54, 1.807) is 0 Å². The van der Waals surface area contributed by atoms with Crippen LogP contribution in [0.5, 0.6) is 0 Å². The van der Waals surface area contributed by atoms with E-state index in [-0.39, 0.29) is 0 Å². The molecule has 1 aliphatic carbocycles. The third kappa shape index (κ3) is 2.46. The first-order valence-corrected chi connectivity index (χ1v) is 7.72. The molecule has 1 aliphatic heterocycles. The van der Waals surface area contributed by atoms with Gasteiger partial charge in [-0.3, -0.25) is 4.90 Å². The van der Waals surface area contributed by atoms with Gasteiger partial charge in [-0.1, -0.05) is 17.7 Å². The van der Waals surface area contributed by atoms with Gasteiger partial charge in [-0.25, -0.2) is 0 Å². The van der Waals surface area contributed by atoms with Crippen LogP contribution >= 0.6 is 27.5 Å². The van der Waals surface area contributed by atoms with Crippen LogP contribution in [0.15, 0.2) is 22.7 Å². The summed E-state index contributed by atoms with van der Waals surface area (Å²) >= 11 is 9.56. The number of likely N-dealkylation sites (tertiary alicyclic amines) is 1. The molecule has 18 heavy (non-hydrogen) atoms. The van der Waals surface area contributed by atoms with Gasteiger partial charge >= 0.3 is 0 Å². The zero-order chi connectivity index (χ0) is 12.7. The summed E-state index contributed by atoms with van der Waals surface area (Å²) in [6, 6.07) is 6.65. The van der Waals surface area contributed by atoms with E-state index in [4.69, 9.17) is 17.3 Å². The van der Waals surface area contributed by atoms with Crippen molar-refractivity contribution < 1.29 is 0 Å². The fourth-order valence-corrected chi connectivity index (χ4v) is 3.87. The lowest BCUT2D eigenvalue weighted by molar-refractivity contribution is 0.298. The summed E-state index contributed by atoms with van der Waals surface area (Å²) in [5, 5.41) is 0.795. The minimum absolute atomic E-state index is 0.425. The molecule has 0 bridgehead atoms. The highest BCUT2D eigenvalue weighted by Crippen LogP contribution is 2.37. The van der Waals surface area contributed by atoms with Crippen LogP contribution in [0.1, 0.15) is 18.4 Å². The molecular formula is C14H18BrClN2. The molecule has 1 saturated carbocycles. The molecule has 2 aliphatic rings. The molecule has 4 heteroatoms. The smallest absolute Gasteiger partial charge is 0.0551 e. The third-order valence-corrected chi connectivity index (χ3v) is 5.61. The summed E-state index contributed by atoms with van der Waals surface area (Å²) in [6.07, 6.45) is 2.52. The average Bonchev–Trinajstić information content (AvgIpc) is 2.87. The highest BCUT2D eigenvalue weighted by Gasteiger charge is 2.40. The predicted molar refractivity (Wildman–Crippen MR) is 78.6 cm³/mol. The zero-order valence-corrected chi connectivity index (χ0v) is 12.6. The summed E-state index contributed by atoms with van der Waals surface area (Å²) in [7, 11) is 0. The molecule has 1 aromatic rings. The standard InChI is InChI=1S/C14H18BrClN2/c15-12-3-1-9(5-13(12)16)6-18-7-10-2-4-14(17)11(10)8-18/h1,3,5,10-11,14H,2,4,6-8,17H2. The van der Waals surface area contributed by atoms with Crippen LogP contribution in [-0.4, -0.2) is 24.0 Å². The Kier molecular flexibility index (Phi) is 3.68. The lowest BCUT2D eigenvalue weighted by Gasteiger charge is -2.18. The van der Waals surface area contributed by atoms with Crippen molar-refractivity contribution in [1.82, 2.24) is 4.90 Å². The van der Waals surface area contributed by atoms with E-state index in [9.17, 15) is 0 Å². The van der Waals surface area contributed by atoms with Crippen molar-refractivity contribution in [1.29, 1.82) is 0 Å². The first kappa shape index (κ1) is 12.9. The van der Waals surface area contributed by atoms with Gasteiger partial charge in [0.1, 0.15) is 0 Å². The van der Waals surface area contributed by atoms with Gasteiger partial charge in [-0.05, 0) is 58.3 Å². The van der Waals surface area contributed by atoms with E-state index in [0.717, 1.165) is 34.4 Å². The minimum Gasteiger partial charge on any atom is -0.327 e. The Bertz CT molecular complexity index is 451. The van der Waals surface area contributed by atoms with Crippen LogP contribution in [0.2, 0.25) is 5.02 Å². The summed E-state index contributed by atoms with van der Waals surface area (Å²) < 4.78 is 0.966. The van der Waals surface area contributed by atoms with Crippen molar-refractivity contribution in [3.05, 3.63) is 33.3 Å². The lowest BCUT2D eigenvalue weighted by atomic mass is 9.98. The Labute approximate surface area is 122 Å². The highest BCUT2D eigenvalue weighted by atomic mass is 79.9. The first-order chi connectivity index (χ1) is 8.63. The Hall–Kier alpha value is -0.0900. The quantitative estimate of drug-likeness (QED) is 0.902. The topological polar surface area (TPSA) is 29.3 Å². The maximum atomic E-state index is 6.17. The Morgan fingerprint density at radius 2 is 2.17 bits per heavy atom. The molecule has 98 valence electrons. The summed E-state index contributed by atoms with van der Waals surface area (Å²) in [4.78, 5) is 2.52. The van der Waals surface area contributed by atoms with Crippen LogP contribution in [-0.2, 0) is 6.54 Å². The minimum atomic E-state index is 0.425. The number of fused-ring (bicyclic) bond motifs is 1. The maximum absolute atomic E-state index is 6.17. The molecule has 2 fully saturated rings. The molecule has 0 amide bonds. The first-order valence-electron chi connectivity index (χ1n) is 6.55. The molecule has 3 unspecified atom stereocenters. The lowest BCUT2D eigenvalue weighted by Crippen LogP contribution is -2.30. The molecule has 0 radical (unpaired) electrons. The van der Waals surface area contributed by atoms with E-state index in [1.165, 1.54) is 24.9 Å². The van der Waals surface area contributed by atoms with Crippen LogP contribution in [0, 0.1) is 11.8 Å². The van der Waals surface area contributed by atoms with Crippen LogP contribution in [0.4, 0.5) is 0 Å². The second-order valence-corrected chi connectivity index (χ2v) is 6.87. The number of benzene rings is 1. The van der Waals surface area contributed by atoms with E-state index in [0.29, 0.717) is 6.04 Å². The second-order valence-electron chi connectivity index (χ2n) is 5.61. The molecule has 0 spiro atoms. The summed E-state index contributed by atoms with van der Waals surface area (Å²) in [6.45, 7) is 3.35. The van der Waals surface area contributed by atoms with E-state index in [2.05, 4.69) is 33.0 Å². The fraction of sp³-hybridized carbons (Fsp3) is 0.571. The van der Waals surface area contributed by atoms with Gasteiger partial charge in [0.25, 0.3) is 0 Å². The third-order valence-electron chi connectivity index (χ3n) is 4.38. The largest absolute Gasteiger partial charge is 0.327 e. The Morgan fingerprint density at radius 1 is 1.33 bits per heavy atom. The van der Waals surface area contributed by atoms with E-state index in [1.807, 2.05) is 6.07 Å². The van der Waals surface area contributed by atoms with E-state index >= 15 is 0 Å². The number of nitrogens with zero attached hydrogens (tertiary/aromatic N) is 1. The monoisotopic (exact) mass is 328 g/mol. The van der Waals surface area contributed by atoms with Gasteiger partial charge in [0.15, 0.2) is 0 Å². The van der Waals surface area contributed by atoms with Crippen molar-refractivity contribution in [2.75, 3.05) is 13.1 Å². The highest BCUT2D eigenvalue weighted by molar-refractivity contribution is 9.10. The maximum Gasteiger partial charge on any atom is 0.0551 e. The molecule has 1 aromatic carbocycles. The number of hydrogen-bond acceptors (Lipinski definition) is 2. The molecular weight excluding hydrogens is 312 g/mol. The van der Waals surface area contributed by atoms with Crippen molar-refractivity contribution >= 4 is 27.5 Å². The molecule has 3 atom stereocenters. The normalized spacial score (nSPS) is 31.8. The van der Waals surface area contributed by atoms with Gasteiger partial charge in [-0.15, -0.1) is 0 Å². The SMILES string of the molecule is NC1CCC2CN(Cc3ccc(Br)c(Cl)c3)CC12. The second kappa shape index (κ2) is 5.12. The summed E-state index contributed by atoms with van der Waals surface area (Å²) in [5.41, 5.74) is 7.45. The van der Waals surface area contributed by atoms with Gasteiger partial charge in [0, 0.05) is 30.1 Å². The Balaban J connectivity index is 1.66. The van der Waals surface area contributed by atoms with Gasteiger partial charge in [-0.2, -0.15) is 0 Å². The number of halogens is 2. The number of hydrogen-bond donors (Lipinski definition) is 1. The van der Waals surface area contributed by atoms with Gasteiger partial charge in [0.05, 0.1) is 5.02 Å². The predicted octanol–water partition coefficient (Wildman–Crippen LogP) is 3.27. The molecule has 2 nitrogen and oxygen atoms in total. The molecule has 2 N–H and O–H groups in total. The van der Waals surface area contributed by atoms with Gasteiger partial charge < -0.3 is 5.73 Å². The zero-order valence-electron chi connectivity index (χ0n) is 10.3. The van der Waals surface area contributed by atoms with Gasteiger partial charge in [0.2, 0.25) is 0 Å². The fourth-order valence-electron chi connectivity index (χ4n) is 3.43. The van der Waals surface area contributed by atoms with Crippen molar-refractivity contribution in [3.8, 4) is 0 Å². The average molecular weight is 330 g/mol. The van der Waals surface area contributed by atoms with Crippen molar-refractivity contribution in [3.63, 3.8) is 0 Å². The number of rotatable bonds is 2. The van der Waals surface area contributed by atoms with Crippen LogP contribution < -0.4 is 5.73 Å². The van der Waals surface area contributed by atoms with E-state index < -0.39 is 0 Å². The van der Waals surface area contributed by atoms with Crippen molar-refractivity contribution in [2.24, 2.45) is 17.6 Å². The molecule has 1 saturated heterocycles. The van der Waals surface area contributed by atoms with Crippen LogP contribution in [0.25, 0.3) is 0 Å². The molecule has 1 heterocycles. The molecule has 0 aromatic heterocycles. The summed E-state index contributed by atoms with van der Waals surface area (Å²) in [5.74, 6) is 1.54.